The quantitative estimate of drug-likeness (QED) is 0.0272. The Kier molecular flexibility index (Phi) is 46.6. The fourth-order valence-electron chi connectivity index (χ4n) is 7.35. The number of aliphatic hydroxyl groups excluding tert-OH is 1. The molecule has 0 saturated carbocycles. The topological polar surface area (TPSA) is 108 Å². The number of hydrogen-bond donors (Lipinski definition) is 2. The number of aliphatic hydroxyl groups is 1. The lowest BCUT2D eigenvalue weighted by Gasteiger charge is -2.30. The number of likely N-dealkylation sites (N-methyl/N-ethyl adjacent to an activating group) is 1. The van der Waals surface area contributed by atoms with Gasteiger partial charge in [-0.1, -0.05) is 227 Å². The Morgan fingerprint density at radius 3 is 1.33 bits per heavy atom. The van der Waals surface area contributed by atoms with Crippen molar-refractivity contribution in [1.82, 2.24) is 5.32 Å². The van der Waals surface area contributed by atoms with E-state index >= 15 is 0 Å². The van der Waals surface area contributed by atoms with E-state index in [1.165, 1.54) is 89.9 Å². The number of amides is 1. The molecule has 0 aliphatic carbocycles. The number of nitrogens with one attached hydrogen (secondary N) is 1. The van der Waals surface area contributed by atoms with Gasteiger partial charge in [0, 0.05) is 6.42 Å². The highest BCUT2D eigenvalue weighted by Crippen LogP contribution is 2.38. The average Bonchev–Trinajstić information content (AvgIpc) is 3.29. The monoisotopic (exact) mass is 955 g/mol. The molecule has 0 aliphatic rings. The Labute approximate surface area is 413 Å². The van der Waals surface area contributed by atoms with Crippen LogP contribution >= 0.6 is 7.82 Å². The molecule has 0 heterocycles. The molecule has 0 radical (unpaired) electrons. The van der Waals surface area contributed by atoms with Gasteiger partial charge in [0.2, 0.25) is 5.91 Å². The van der Waals surface area contributed by atoms with E-state index in [2.05, 4.69) is 116 Å². The van der Waals surface area contributed by atoms with Crippen LogP contribution in [-0.4, -0.2) is 68.5 Å². The summed E-state index contributed by atoms with van der Waals surface area (Å²) in [5.74, 6) is -0.178. The van der Waals surface area contributed by atoms with Crippen LogP contribution in [0.25, 0.3) is 0 Å². The van der Waals surface area contributed by atoms with E-state index in [-0.39, 0.29) is 19.1 Å². The van der Waals surface area contributed by atoms with E-state index < -0.39 is 20.0 Å². The fourth-order valence-corrected chi connectivity index (χ4v) is 8.07. The molecule has 1 amide bonds. The van der Waals surface area contributed by atoms with Crippen LogP contribution in [0.5, 0.6) is 0 Å². The number of carbonyl (C=O) groups is 1. The molecule has 8 nitrogen and oxygen atoms in total. The number of hydrogen-bond acceptors (Lipinski definition) is 6. The maximum absolute atomic E-state index is 12.9. The number of unbranched alkanes of at least 4 members (excludes halogenated alkanes) is 19. The number of rotatable bonds is 48. The molecule has 3 atom stereocenters. The van der Waals surface area contributed by atoms with Crippen molar-refractivity contribution < 1.29 is 32.9 Å². The number of nitrogens with zero attached hydrogens (tertiary/aromatic N) is 1. The molecule has 0 aromatic rings. The van der Waals surface area contributed by atoms with E-state index in [9.17, 15) is 19.4 Å². The SMILES string of the molecule is CC/C=C\C/C=C\C/C=C\C/C=C\C/C=C\C/C=C\C/C=C\C/C=C\CCCCCCCCCCC(=O)NC(COP(=O)([O-])OCC[N+](C)(C)C)C(O)CCCCCCCCCCCCCC. The van der Waals surface area contributed by atoms with Crippen molar-refractivity contribution in [3.05, 3.63) is 97.2 Å². The van der Waals surface area contributed by atoms with Gasteiger partial charge in [0.15, 0.2) is 0 Å². The average molecular weight is 955 g/mol. The molecule has 2 N–H and O–H groups in total. The van der Waals surface area contributed by atoms with Gasteiger partial charge >= 0.3 is 0 Å². The first-order valence-electron chi connectivity index (χ1n) is 27.1. The van der Waals surface area contributed by atoms with Crippen LogP contribution in [0.15, 0.2) is 97.2 Å². The number of phosphoric ester groups is 1. The smallest absolute Gasteiger partial charge is 0.268 e. The van der Waals surface area contributed by atoms with Crippen molar-refractivity contribution in [2.75, 3.05) is 40.9 Å². The van der Waals surface area contributed by atoms with Crippen LogP contribution in [0.4, 0.5) is 0 Å². The summed E-state index contributed by atoms with van der Waals surface area (Å²) in [6, 6.07) is -0.810. The largest absolute Gasteiger partial charge is 0.756 e. The van der Waals surface area contributed by atoms with Crippen molar-refractivity contribution in [3.63, 3.8) is 0 Å². The highest BCUT2D eigenvalue weighted by molar-refractivity contribution is 7.45. The molecule has 0 rings (SSSR count). The van der Waals surface area contributed by atoms with Crippen molar-refractivity contribution in [1.29, 1.82) is 0 Å². The van der Waals surface area contributed by atoms with Gasteiger partial charge in [0.25, 0.3) is 7.82 Å². The highest BCUT2D eigenvalue weighted by atomic mass is 31.2. The third-order valence-electron chi connectivity index (χ3n) is 11.6. The summed E-state index contributed by atoms with van der Waals surface area (Å²) in [4.78, 5) is 25.4. The van der Waals surface area contributed by atoms with Crippen LogP contribution in [0.1, 0.15) is 213 Å². The zero-order valence-corrected chi connectivity index (χ0v) is 44.7. The van der Waals surface area contributed by atoms with Gasteiger partial charge < -0.3 is 28.8 Å². The first-order chi connectivity index (χ1) is 32.5. The van der Waals surface area contributed by atoms with Gasteiger partial charge in [-0.25, -0.2) is 0 Å². The Bertz CT molecular complexity index is 1410. The summed E-state index contributed by atoms with van der Waals surface area (Å²) in [7, 11) is 1.29. The second-order valence-electron chi connectivity index (χ2n) is 19.2. The van der Waals surface area contributed by atoms with Crippen LogP contribution in [-0.2, 0) is 18.4 Å². The summed E-state index contributed by atoms with van der Waals surface area (Å²) in [6.45, 7) is 4.58. The minimum Gasteiger partial charge on any atom is -0.756 e. The number of quaternary nitrogens is 1. The van der Waals surface area contributed by atoms with Gasteiger partial charge in [-0.05, 0) is 77.0 Å². The molecule has 0 spiro atoms. The van der Waals surface area contributed by atoms with Crippen LogP contribution in [0, 0.1) is 0 Å². The number of carbonyl (C=O) groups excluding carboxylic acids is 1. The summed E-state index contributed by atoms with van der Waals surface area (Å²) < 4.78 is 23.3. The molecule has 67 heavy (non-hydrogen) atoms. The Morgan fingerprint density at radius 1 is 0.537 bits per heavy atom. The molecule has 0 aromatic carbocycles. The van der Waals surface area contributed by atoms with Crippen LogP contribution < -0.4 is 10.2 Å². The highest BCUT2D eigenvalue weighted by Gasteiger charge is 2.24. The second-order valence-corrected chi connectivity index (χ2v) is 20.6. The standard InChI is InChI=1S/C58H103N2O6P/c1-6-8-10-12-14-16-18-20-21-22-23-24-25-26-27-28-29-30-31-32-33-34-35-36-37-38-39-40-42-44-46-48-50-52-58(62)59-56(55-66-67(63,64)65-54-53-60(3,4)5)57(61)51-49-47-45-43-41-19-17-15-13-11-9-7-2/h8,10,14,16,20-21,23-24,26-27,29-30,32-33,35-36,56-57,61H,6-7,9,11-13,15,17-19,22,25,28,31,34,37-55H2,1-5H3,(H-,59,62,63,64)/b10-8-,16-14-,21-20-,24-23-,27-26-,30-29-,33-32-,36-35-. The van der Waals surface area contributed by atoms with Gasteiger partial charge in [0.05, 0.1) is 39.9 Å². The predicted molar refractivity (Wildman–Crippen MR) is 288 cm³/mol. The molecular formula is C58H103N2O6P. The van der Waals surface area contributed by atoms with Gasteiger partial charge in [-0.3, -0.25) is 9.36 Å². The zero-order chi connectivity index (χ0) is 49.2. The van der Waals surface area contributed by atoms with Crippen LogP contribution in [0.3, 0.4) is 0 Å². The lowest BCUT2D eigenvalue weighted by atomic mass is 10.0. The third-order valence-corrected chi connectivity index (χ3v) is 12.6. The summed E-state index contributed by atoms with van der Waals surface area (Å²) in [5, 5.41) is 13.9. The molecule has 0 bridgehead atoms. The zero-order valence-electron chi connectivity index (χ0n) is 43.8. The number of allylic oxidation sites excluding steroid dienone is 16. The van der Waals surface area contributed by atoms with Gasteiger partial charge in [-0.2, -0.15) is 0 Å². The van der Waals surface area contributed by atoms with Crippen molar-refractivity contribution in [2.45, 2.75) is 225 Å². The molecule has 0 aliphatic heterocycles. The summed E-state index contributed by atoms with van der Waals surface area (Å²) in [5.41, 5.74) is 0. The molecule has 0 saturated heterocycles. The lowest BCUT2D eigenvalue weighted by molar-refractivity contribution is -0.870. The molecule has 0 aromatic heterocycles. The second kappa shape index (κ2) is 48.4. The Balaban J connectivity index is 4.15. The van der Waals surface area contributed by atoms with E-state index in [4.69, 9.17) is 9.05 Å². The molecule has 9 heteroatoms. The summed E-state index contributed by atoms with van der Waals surface area (Å²) >= 11 is 0. The lowest BCUT2D eigenvalue weighted by Crippen LogP contribution is -2.46. The van der Waals surface area contributed by atoms with Crippen molar-refractivity contribution >= 4 is 13.7 Å². The first kappa shape index (κ1) is 64.4. The van der Waals surface area contributed by atoms with Gasteiger partial charge in [-0.15, -0.1) is 0 Å². The molecule has 0 fully saturated rings. The van der Waals surface area contributed by atoms with E-state index in [1.807, 2.05) is 21.1 Å². The first-order valence-corrected chi connectivity index (χ1v) is 28.5. The van der Waals surface area contributed by atoms with Crippen molar-refractivity contribution in [2.24, 2.45) is 0 Å². The number of phosphoric acid groups is 1. The minimum absolute atomic E-state index is 0.00576. The van der Waals surface area contributed by atoms with E-state index in [0.717, 1.165) is 96.3 Å². The molecule has 3 unspecified atom stereocenters. The predicted octanol–water partition coefficient (Wildman–Crippen LogP) is 15.6. The van der Waals surface area contributed by atoms with Gasteiger partial charge in [0.1, 0.15) is 13.2 Å². The normalized spacial score (nSPS) is 14.8. The van der Waals surface area contributed by atoms with Crippen molar-refractivity contribution in [3.8, 4) is 0 Å². The van der Waals surface area contributed by atoms with E-state index in [1.54, 1.807) is 0 Å². The fraction of sp³-hybridized carbons (Fsp3) is 0.707. The van der Waals surface area contributed by atoms with Crippen LogP contribution in [0.2, 0.25) is 0 Å². The Morgan fingerprint density at radius 2 is 0.910 bits per heavy atom. The molecule has 386 valence electrons. The molecular weight excluding hydrogens is 852 g/mol. The third kappa shape index (κ3) is 51.1. The minimum atomic E-state index is -4.57. The van der Waals surface area contributed by atoms with E-state index in [0.29, 0.717) is 23.9 Å². The Hall–Kier alpha value is -2.58. The summed E-state index contributed by atoms with van der Waals surface area (Å²) in [6.07, 6.45) is 68.6. The maximum atomic E-state index is 12.9. The maximum Gasteiger partial charge on any atom is 0.268 e.